The summed E-state index contributed by atoms with van der Waals surface area (Å²) in [6.45, 7) is 1.80. The molecule has 0 unspecified atom stereocenters. The van der Waals surface area contributed by atoms with Crippen LogP contribution in [0.5, 0.6) is 0 Å². The van der Waals surface area contributed by atoms with E-state index in [0.29, 0.717) is 11.0 Å². The molecule has 0 amide bonds. The number of hydrogen-bond acceptors (Lipinski definition) is 4. The van der Waals surface area contributed by atoms with Crippen molar-refractivity contribution in [2.45, 2.75) is 51.6 Å². The van der Waals surface area contributed by atoms with E-state index in [2.05, 4.69) is 25.2 Å². The number of rotatable bonds is 1. The normalized spacial score (nSPS) is 17.4. The topological polar surface area (TPSA) is 78.8 Å². The number of nitro groups is 1. The molecule has 7 nitrogen and oxygen atoms in total. The van der Waals surface area contributed by atoms with E-state index >= 15 is 0 Å². The van der Waals surface area contributed by atoms with E-state index in [1.807, 2.05) is 0 Å². The highest BCUT2D eigenvalue weighted by Gasteiger charge is 2.29. The summed E-state index contributed by atoms with van der Waals surface area (Å²) in [6.07, 6.45) is 6.21. The van der Waals surface area contributed by atoms with Gasteiger partial charge in [-0.2, -0.15) is 0 Å². The van der Waals surface area contributed by atoms with Gasteiger partial charge >= 0.3 is 5.69 Å². The molecule has 5 rings (SSSR count). The van der Waals surface area contributed by atoms with Gasteiger partial charge in [0, 0.05) is 25.9 Å². The van der Waals surface area contributed by atoms with Gasteiger partial charge in [-0.05, 0) is 31.7 Å². The molecule has 0 fully saturated rings. The van der Waals surface area contributed by atoms with Gasteiger partial charge in [-0.1, -0.05) is 0 Å². The fourth-order valence-corrected chi connectivity index (χ4v) is 4.07. The highest BCUT2D eigenvalue weighted by molar-refractivity contribution is 6.03. The van der Waals surface area contributed by atoms with Gasteiger partial charge in [0.15, 0.2) is 11.0 Å². The van der Waals surface area contributed by atoms with Crippen LogP contribution < -0.4 is 0 Å². The summed E-state index contributed by atoms with van der Waals surface area (Å²) >= 11 is 0. The van der Waals surface area contributed by atoms with E-state index in [9.17, 15) is 10.1 Å². The lowest BCUT2D eigenvalue weighted by atomic mass is 10.1. The number of fused-ring (bicyclic) bond motifs is 6. The molecule has 3 aromatic rings. The van der Waals surface area contributed by atoms with Gasteiger partial charge in [-0.15, -0.1) is 0 Å². The average Bonchev–Trinajstić information content (AvgIpc) is 3.10. The number of aromatic nitrogens is 4. The molecule has 2 aliphatic rings. The van der Waals surface area contributed by atoms with Crippen LogP contribution in [0.3, 0.4) is 0 Å². The molecule has 7 heteroatoms. The molecule has 2 aliphatic heterocycles. The number of nitrogens with zero attached hydrogens (tertiary/aromatic N) is 5. The Balaban J connectivity index is 1.93. The third-order valence-corrected chi connectivity index (χ3v) is 5.14. The lowest BCUT2D eigenvalue weighted by molar-refractivity contribution is -0.381. The summed E-state index contributed by atoms with van der Waals surface area (Å²) in [5, 5.41) is 11.8. The first-order valence-corrected chi connectivity index (χ1v) is 8.29. The smallest absolute Gasteiger partial charge is 0.324 e. The first-order chi connectivity index (χ1) is 11.2. The lowest BCUT2D eigenvalue weighted by Crippen LogP contribution is -2.11. The third kappa shape index (κ3) is 1.70. The Morgan fingerprint density at radius 2 is 1.43 bits per heavy atom. The second-order valence-electron chi connectivity index (χ2n) is 6.49. The van der Waals surface area contributed by atoms with Gasteiger partial charge in [-0.25, -0.2) is 9.97 Å². The molecule has 0 atom stereocenters. The van der Waals surface area contributed by atoms with Crippen molar-refractivity contribution < 1.29 is 4.92 Å². The number of nitro benzene ring substituents is 1. The molecule has 23 heavy (non-hydrogen) atoms. The van der Waals surface area contributed by atoms with Crippen molar-refractivity contribution in [1.82, 2.24) is 19.1 Å². The molecular formula is C16H17N5O2. The fourth-order valence-electron chi connectivity index (χ4n) is 4.07. The number of non-ortho nitro benzene ring substituents is 1. The van der Waals surface area contributed by atoms with Gasteiger partial charge in [0.05, 0.1) is 16.0 Å². The van der Waals surface area contributed by atoms with Crippen molar-refractivity contribution in [2.24, 2.45) is 0 Å². The summed E-state index contributed by atoms with van der Waals surface area (Å²) < 4.78 is 4.32. The van der Waals surface area contributed by atoms with Crippen LogP contribution in [0.15, 0.2) is 6.07 Å². The van der Waals surface area contributed by atoms with Crippen LogP contribution in [0.1, 0.15) is 37.3 Å². The minimum Gasteiger partial charge on any atom is -0.328 e. The zero-order valence-corrected chi connectivity index (χ0v) is 12.8. The van der Waals surface area contributed by atoms with Crippen molar-refractivity contribution >= 4 is 27.8 Å². The summed E-state index contributed by atoms with van der Waals surface area (Å²) in [5.41, 5.74) is 2.89. The van der Waals surface area contributed by atoms with Crippen LogP contribution in [-0.4, -0.2) is 24.0 Å². The minimum absolute atomic E-state index is 0.0845. The van der Waals surface area contributed by atoms with E-state index in [0.717, 1.165) is 74.3 Å². The molecule has 1 aromatic carbocycles. The van der Waals surface area contributed by atoms with Crippen LogP contribution in [0.2, 0.25) is 0 Å². The molecule has 0 aliphatic carbocycles. The Morgan fingerprint density at radius 1 is 0.913 bits per heavy atom. The average molecular weight is 311 g/mol. The highest BCUT2D eigenvalue weighted by Crippen LogP contribution is 2.37. The van der Waals surface area contributed by atoms with E-state index in [1.54, 1.807) is 0 Å². The number of hydrogen-bond donors (Lipinski definition) is 0. The molecule has 0 N–H and O–H groups in total. The summed E-state index contributed by atoms with van der Waals surface area (Å²) in [6, 6.07) is 2.07. The molecule has 4 heterocycles. The first-order valence-electron chi connectivity index (χ1n) is 8.29. The molecule has 0 saturated carbocycles. The maximum Gasteiger partial charge on any atom is 0.324 e. The van der Waals surface area contributed by atoms with Crippen molar-refractivity contribution in [2.75, 3.05) is 0 Å². The van der Waals surface area contributed by atoms with Gasteiger partial charge in [-0.3, -0.25) is 10.1 Å². The minimum atomic E-state index is -0.303. The van der Waals surface area contributed by atoms with Crippen molar-refractivity contribution in [3.8, 4) is 0 Å². The van der Waals surface area contributed by atoms with Crippen molar-refractivity contribution in [3.05, 3.63) is 27.8 Å². The monoisotopic (exact) mass is 311 g/mol. The molecule has 0 radical (unpaired) electrons. The predicted octanol–water partition coefficient (Wildman–Crippen LogP) is 2.97. The zero-order valence-electron chi connectivity index (χ0n) is 12.8. The second-order valence-corrected chi connectivity index (χ2v) is 6.49. The Hall–Kier alpha value is -2.44. The van der Waals surface area contributed by atoms with Crippen LogP contribution in [-0.2, 0) is 25.9 Å². The number of aryl methyl sites for hydroxylation is 4. The molecular weight excluding hydrogens is 294 g/mol. The van der Waals surface area contributed by atoms with Gasteiger partial charge < -0.3 is 9.13 Å². The van der Waals surface area contributed by atoms with Crippen LogP contribution >= 0.6 is 0 Å². The van der Waals surface area contributed by atoms with E-state index in [1.165, 1.54) is 0 Å². The first kappa shape index (κ1) is 13.0. The lowest BCUT2D eigenvalue weighted by Gasteiger charge is -2.15. The Morgan fingerprint density at radius 3 is 1.91 bits per heavy atom. The maximum atomic E-state index is 11.8. The van der Waals surface area contributed by atoms with Gasteiger partial charge in [0.1, 0.15) is 11.6 Å². The Kier molecular flexibility index (Phi) is 2.57. The van der Waals surface area contributed by atoms with Crippen molar-refractivity contribution in [3.63, 3.8) is 0 Å². The SMILES string of the molecule is O=[N+]([O-])c1c2nc3n(c2cc2c1nc1n2CCCC1)CCCC3. The number of benzene rings is 1. The Bertz CT molecular complexity index is 900. The van der Waals surface area contributed by atoms with Crippen LogP contribution in [0.25, 0.3) is 22.1 Å². The summed E-state index contributed by atoms with van der Waals surface area (Å²) in [5.74, 6) is 1.95. The summed E-state index contributed by atoms with van der Waals surface area (Å²) in [7, 11) is 0. The van der Waals surface area contributed by atoms with E-state index in [-0.39, 0.29) is 10.6 Å². The molecule has 0 bridgehead atoms. The van der Waals surface area contributed by atoms with E-state index in [4.69, 9.17) is 0 Å². The van der Waals surface area contributed by atoms with Crippen LogP contribution in [0.4, 0.5) is 5.69 Å². The van der Waals surface area contributed by atoms with Crippen LogP contribution in [0, 0.1) is 10.1 Å². The second kappa shape index (κ2) is 4.53. The molecule has 0 saturated heterocycles. The standard InChI is InChI=1S/C16H17N5O2/c22-21(23)16-14-10(19-7-3-1-5-12(19)17-14)9-11-15(16)18-13-6-2-4-8-20(11)13/h9H,1-8H2. The maximum absolute atomic E-state index is 11.8. The zero-order chi connectivity index (χ0) is 15.6. The third-order valence-electron chi connectivity index (χ3n) is 5.14. The Labute approximate surface area is 132 Å². The highest BCUT2D eigenvalue weighted by atomic mass is 16.6. The summed E-state index contributed by atoms with van der Waals surface area (Å²) in [4.78, 5) is 20.7. The van der Waals surface area contributed by atoms with E-state index < -0.39 is 0 Å². The largest absolute Gasteiger partial charge is 0.328 e. The van der Waals surface area contributed by atoms with Gasteiger partial charge in [0.25, 0.3) is 0 Å². The van der Waals surface area contributed by atoms with Crippen molar-refractivity contribution in [1.29, 1.82) is 0 Å². The molecule has 2 aromatic heterocycles. The quantitative estimate of drug-likeness (QED) is 0.511. The number of imidazole rings is 2. The molecule has 118 valence electrons. The van der Waals surface area contributed by atoms with Gasteiger partial charge in [0.2, 0.25) is 0 Å². The fraction of sp³-hybridized carbons (Fsp3) is 0.500. The molecule has 0 spiro atoms. The predicted molar refractivity (Wildman–Crippen MR) is 85.6 cm³/mol.